The first-order valence-electron chi connectivity index (χ1n) is 7.37. The topological polar surface area (TPSA) is 89.3 Å². The van der Waals surface area contributed by atoms with Crippen LogP contribution in [0.2, 0.25) is 0 Å². The molecule has 1 atom stereocenters. The van der Waals surface area contributed by atoms with Gasteiger partial charge in [0.05, 0.1) is 10.6 Å². The minimum absolute atomic E-state index is 0.223. The summed E-state index contributed by atoms with van der Waals surface area (Å²) >= 11 is 0. The zero-order valence-corrected chi connectivity index (χ0v) is 13.3. The first-order chi connectivity index (χ1) is 10.9. The van der Waals surface area contributed by atoms with E-state index < -0.39 is 21.3 Å². The van der Waals surface area contributed by atoms with Gasteiger partial charge in [0, 0.05) is 5.56 Å². The monoisotopic (exact) mass is 330 g/mol. The quantitative estimate of drug-likeness (QED) is 0.866. The van der Waals surface area contributed by atoms with Crippen molar-refractivity contribution < 1.29 is 13.2 Å². The molecular weight excluding hydrogens is 312 g/mol. The highest BCUT2D eigenvalue weighted by molar-refractivity contribution is 7.91. The fourth-order valence-corrected chi connectivity index (χ4v) is 4.83. The molecule has 0 bridgehead atoms. The van der Waals surface area contributed by atoms with E-state index in [1.165, 1.54) is 0 Å². The molecule has 2 aromatic carbocycles. The van der Waals surface area contributed by atoms with Crippen LogP contribution in [0.15, 0.2) is 59.5 Å². The number of nitrogens with two attached hydrogens (primary N) is 1. The SMILES string of the molecule is NC(=O)C1(CS(=O)(=O)c2ccccc2-c2ccccc2)CCN1. The van der Waals surface area contributed by atoms with E-state index in [4.69, 9.17) is 5.73 Å². The van der Waals surface area contributed by atoms with Crippen LogP contribution in [0, 0.1) is 0 Å². The molecule has 0 aliphatic carbocycles. The summed E-state index contributed by atoms with van der Waals surface area (Å²) in [6.45, 7) is 0.596. The molecule has 1 heterocycles. The maximum Gasteiger partial charge on any atom is 0.238 e. The largest absolute Gasteiger partial charge is 0.368 e. The van der Waals surface area contributed by atoms with Crippen LogP contribution in [0.3, 0.4) is 0 Å². The third-order valence-corrected chi connectivity index (χ3v) is 6.13. The minimum Gasteiger partial charge on any atom is -0.368 e. The summed E-state index contributed by atoms with van der Waals surface area (Å²) in [5, 5.41) is 2.89. The molecular formula is C17H18N2O3S. The van der Waals surface area contributed by atoms with Crippen molar-refractivity contribution in [3.05, 3.63) is 54.6 Å². The lowest BCUT2D eigenvalue weighted by molar-refractivity contribution is -0.126. The Bertz CT molecular complexity index is 828. The molecule has 1 amide bonds. The number of sulfone groups is 1. The molecule has 1 fully saturated rings. The highest BCUT2D eigenvalue weighted by Crippen LogP contribution is 2.31. The van der Waals surface area contributed by atoms with Crippen LogP contribution >= 0.6 is 0 Å². The van der Waals surface area contributed by atoms with Crippen molar-refractivity contribution in [2.45, 2.75) is 16.9 Å². The van der Waals surface area contributed by atoms with Crippen LogP contribution in [0.1, 0.15) is 6.42 Å². The van der Waals surface area contributed by atoms with Gasteiger partial charge < -0.3 is 11.1 Å². The second kappa shape index (κ2) is 5.79. The van der Waals surface area contributed by atoms with Gasteiger partial charge in [-0.2, -0.15) is 0 Å². The number of primary amides is 1. The Labute approximate surface area is 135 Å². The number of carbonyl (C=O) groups excluding carboxylic acids is 1. The molecule has 0 spiro atoms. The number of nitrogens with one attached hydrogen (secondary N) is 1. The Balaban J connectivity index is 2.03. The molecule has 1 unspecified atom stereocenters. The van der Waals surface area contributed by atoms with Crippen LogP contribution < -0.4 is 11.1 Å². The lowest BCUT2D eigenvalue weighted by Crippen LogP contribution is -2.68. The maximum atomic E-state index is 12.9. The van der Waals surface area contributed by atoms with E-state index in [1.807, 2.05) is 30.3 Å². The smallest absolute Gasteiger partial charge is 0.238 e. The molecule has 3 rings (SSSR count). The molecule has 1 aliphatic heterocycles. The molecule has 120 valence electrons. The van der Waals surface area contributed by atoms with E-state index in [0.29, 0.717) is 18.5 Å². The fraction of sp³-hybridized carbons (Fsp3) is 0.235. The summed E-state index contributed by atoms with van der Waals surface area (Å²) in [4.78, 5) is 11.9. The second-order valence-corrected chi connectivity index (χ2v) is 7.70. The molecule has 5 nitrogen and oxygen atoms in total. The maximum absolute atomic E-state index is 12.9. The molecule has 0 saturated carbocycles. The number of rotatable bonds is 5. The number of hydrogen-bond donors (Lipinski definition) is 2. The second-order valence-electron chi connectivity index (χ2n) is 5.74. The Morgan fingerprint density at radius 1 is 1.09 bits per heavy atom. The molecule has 6 heteroatoms. The third-order valence-electron chi connectivity index (χ3n) is 4.23. The summed E-state index contributed by atoms with van der Waals surface area (Å²) < 4.78 is 25.8. The van der Waals surface area contributed by atoms with Crippen LogP contribution in [0.25, 0.3) is 11.1 Å². The number of amides is 1. The van der Waals surface area contributed by atoms with E-state index in [9.17, 15) is 13.2 Å². The van der Waals surface area contributed by atoms with Gasteiger partial charge >= 0.3 is 0 Å². The van der Waals surface area contributed by atoms with Crippen molar-refractivity contribution >= 4 is 15.7 Å². The highest BCUT2D eigenvalue weighted by Gasteiger charge is 2.46. The first kappa shape index (κ1) is 15.7. The molecule has 0 aromatic heterocycles. The van der Waals surface area contributed by atoms with Crippen molar-refractivity contribution in [2.24, 2.45) is 5.73 Å². The number of hydrogen-bond acceptors (Lipinski definition) is 4. The van der Waals surface area contributed by atoms with E-state index in [2.05, 4.69) is 5.32 Å². The summed E-state index contributed by atoms with van der Waals surface area (Å²) in [5.41, 5.74) is 5.70. The Kier molecular flexibility index (Phi) is 3.95. The van der Waals surface area contributed by atoms with Gasteiger partial charge in [0.25, 0.3) is 0 Å². The van der Waals surface area contributed by atoms with Gasteiger partial charge in [0.2, 0.25) is 5.91 Å². The predicted octanol–water partition coefficient (Wildman–Crippen LogP) is 1.34. The van der Waals surface area contributed by atoms with E-state index in [1.54, 1.807) is 24.3 Å². The Hall–Kier alpha value is -2.18. The zero-order chi connectivity index (χ0) is 16.5. The highest BCUT2D eigenvalue weighted by atomic mass is 32.2. The van der Waals surface area contributed by atoms with Crippen molar-refractivity contribution in [1.82, 2.24) is 5.32 Å². The molecule has 23 heavy (non-hydrogen) atoms. The van der Waals surface area contributed by atoms with E-state index in [0.717, 1.165) is 5.56 Å². The summed E-state index contributed by atoms with van der Waals surface area (Å²) in [5.74, 6) is -0.941. The van der Waals surface area contributed by atoms with Gasteiger partial charge in [-0.05, 0) is 24.6 Å². The minimum atomic E-state index is -3.67. The third kappa shape index (κ3) is 2.87. The summed E-state index contributed by atoms with van der Waals surface area (Å²) in [6, 6.07) is 16.1. The molecule has 2 aromatic rings. The zero-order valence-electron chi connectivity index (χ0n) is 12.5. The Morgan fingerprint density at radius 3 is 2.26 bits per heavy atom. The Morgan fingerprint density at radius 2 is 1.70 bits per heavy atom. The average Bonchev–Trinajstić information content (AvgIpc) is 2.51. The first-order valence-corrected chi connectivity index (χ1v) is 9.02. The van der Waals surface area contributed by atoms with Gasteiger partial charge in [-0.1, -0.05) is 48.5 Å². The molecule has 0 radical (unpaired) electrons. The van der Waals surface area contributed by atoms with Crippen molar-refractivity contribution in [1.29, 1.82) is 0 Å². The number of carbonyl (C=O) groups is 1. The van der Waals surface area contributed by atoms with Gasteiger partial charge in [0.1, 0.15) is 5.54 Å². The predicted molar refractivity (Wildman–Crippen MR) is 88.5 cm³/mol. The van der Waals surface area contributed by atoms with Gasteiger partial charge in [-0.25, -0.2) is 8.42 Å². The van der Waals surface area contributed by atoms with Gasteiger partial charge in [-0.3, -0.25) is 4.79 Å². The normalized spacial score (nSPS) is 20.7. The molecule has 1 saturated heterocycles. The van der Waals surface area contributed by atoms with Gasteiger partial charge in [0.15, 0.2) is 9.84 Å². The average molecular weight is 330 g/mol. The van der Waals surface area contributed by atoms with E-state index in [-0.39, 0.29) is 10.6 Å². The molecule has 3 N–H and O–H groups in total. The van der Waals surface area contributed by atoms with E-state index >= 15 is 0 Å². The lowest BCUT2D eigenvalue weighted by Gasteiger charge is -2.39. The fourth-order valence-electron chi connectivity index (χ4n) is 2.83. The van der Waals surface area contributed by atoms with Crippen molar-refractivity contribution in [3.8, 4) is 11.1 Å². The van der Waals surface area contributed by atoms with Gasteiger partial charge in [-0.15, -0.1) is 0 Å². The van der Waals surface area contributed by atoms with Crippen molar-refractivity contribution in [3.63, 3.8) is 0 Å². The van der Waals surface area contributed by atoms with Crippen LogP contribution in [-0.4, -0.2) is 32.2 Å². The lowest BCUT2D eigenvalue weighted by atomic mass is 9.89. The van der Waals surface area contributed by atoms with Crippen LogP contribution in [0.5, 0.6) is 0 Å². The molecule has 1 aliphatic rings. The number of benzene rings is 2. The van der Waals surface area contributed by atoms with Crippen LogP contribution in [-0.2, 0) is 14.6 Å². The summed E-state index contributed by atoms with van der Waals surface area (Å²) in [6.07, 6.45) is 0.440. The standard InChI is InChI=1S/C17H18N2O3S/c18-16(20)17(10-11-19-17)12-23(21,22)15-9-5-4-8-14(15)13-6-2-1-3-7-13/h1-9,19H,10-12H2,(H2,18,20). The summed E-state index contributed by atoms with van der Waals surface area (Å²) in [7, 11) is -3.67. The van der Waals surface area contributed by atoms with Crippen molar-refractivity contribution in [2.75, 3.05) is 12.3 Å². The van der Waals surface area contributed by atoms with Crippen LogP contribution in [0.4, 0.5) is 0 Å².